The maximum atomic E-state index is 13.5. The Morgan fingerprint density at radius 2 is 1.86 bits per heavy atom. The summed E-state index contributed by atoms with van der Waals surface area (Å²) in [6, 6.07) is 17.1. The van der Waals surface area contributed by atoms with E-state index >= 15 is 0 Å². The van der Waals surface area contributed by atoms with E-state index < -0.39 is 12.4 Å². The molecule has 2 aromatic carbocycles. The largest absolute Gasteiger partial charge is 0.573 e. The van der Waals surface area contributed by atoms with Crippen LogP contribution in [0.1, 0.15) is 21.8 Å². The second-order valence-corrected chi connectivity index (χ2v) is 8.14. The van der Waals surface area contributed by atoms with Crippen LogP contribution in [0.2, 0.25) is 0 Å². The fourth-order valence-electron chi connectivity index (χ4n) is 4.25. The third-order valence-electron chi connectivity index (χ3n) is 5.85. The number of amides is 2. The summed E-state index contributed by atoms with van der Waals surface area (Å²) in [5.74, 6) is -0.505. The molecule has 3 heterocycles. The molecule has 1 atom stereocenters. The minimum Gasteiger partial charge on any atom is -0.467 e. The number of carbonyl (C=O) groups excluding carboxylic acids is 2. The van der Waals surface area contributed by atoms with Gasteiger partial charge in [0.05, 0.1) is 19.4 Å². The number of nitrogens with zero attached hydrogens (tertiary/aromatic N) is 2. The molecule has 7 nitrogen and oxygen atoms in total. The van der Waals surface area contributed by atoms with Crippen LogP contribution < -0.4 is 10.1 Å². The van der Waals surface area contributed by atoms with E-state index in [1.165, 1.54) is 35.4 Å². The zero-order chi connectivity index (χ0) is 24.6. The van der Waals surface area contributed by atoms with Crippen molar-refractivity contribution < 1.29 is 31.9 Å². The minimum atomic E-state index is -4.80. The molecule has 0 saturated heterocycles. The van der Waals surface area contributed by atoms with E-state index in [1.54, 1.807) is 18.2 Å². The van der Waals surface area contributed by atoms with Gasteiger partial charge in [-0.25, -0.2) is 0 Å². The number of hydrogen-bond donors (Lipinski definition) is 1. The molecule has 0 fully saturated rings. The molecule has 0 bridgehead atoms. The maximum absolute atomic E-state index is 13.5. The standard InChI is InChI=1S/C25H20F3N3O4/c26-25(27,28)35-18-9-7-16(8-10-18)14-31-22(23(32)29-13-19-5-3-11-34-19)15-30-20-6-2-1-4-17(20)12-21(30)24(31)33/h1-12,22H,13-15H2,(H,29,32)/t22-/m0/s1. The molecule has 1 aliphatic heterocycles. The van der Waals surface area contributed by atoms with E-state index in [-0.39, 0.29) is 37.2 Å². The number of alkyl halides is 3. The summed E-state index contributed by atoms with van der Waals surface area (Å²) in [7, 11) is 0. The molecule has 0 unspecified atom stereocenters. The topological polar surface area (TPSA) is 76.7 Å². The first-order valence-electron chi connectivity index (χ1n) is 10.8. The van der Waals surface area contributed by atoms with E-state index in [9.17, 15) is 22.8 Å². The number of fused-ring (bicyclic) bond motifs is 3. The first-order chi connectivity index (χ1) is 16.8. The second-order valence-electron chi connectivity index (χ2n) is 8.14. The lowest BCUT2D eigenvalue weighted by molar-refractivity contribution is -0.274. The Kier molecular flexibility index (Phi) is 5.72. The first-order valence-corrected chi connectivity index (χ1v) is 10.8. The molecule has 4 aromatic rings. The highest BCUT2D eigenvalue weighted by Crippen LogP contribution is 2.29. The quantitative estimate of drug-likeness (QED) is 0.439. The first kappa shape index (κ1) is 22.6. The number of benzene rings is 2. The van der Waals surface area contributed by atoms with Gasteiger partial charge in [-0.15, -0.1) is 13.2 Å². The van der Waals surface area contributed by atoms with Gasteiger partial charge in [0, 0.05) is 17.4 Å². The molecule has 35 heavy (non-hydrogen) atoms. The summed E-state index contributed by atoms with van der Waals surface area (Å²) >= 11 is 0. The zero-order valence-electron chi connectivity index (χ0n) is 18.3. The van der Waals surface area contributed by atoms with E-state index in [1.807, 2.05) is 28.8 Å². The molecule has 2 amide bonds. The van der Waals surface area contributed by atoms with Crippen LogP contribution in [-0.2, 0) is 24.4 Å². The van der Waals surface area contributed by atoms with Gasteiger partial charge in [-0.1, -0.05) is 30.3 Å². The zero-order valence-corrected chi connectivity index (χ0v) is 18.3. The molecule has 5 rings (SSSR count). The molecule has 10 heteroatoms. The van der Waals surface area contributed by atoms with E-state index in [0.717, 1.165) is 10.9 Å². The molecule has 1 aliphatic rings. The van der Waals surface area contributed by atoms with Gasteiger partial charge >= 0.3 is 6.36 Å². The van der Waals surface area contributed by atoms with Gasteiger partial charge in [0.25, 0.3) is 5.91 Å². The molecule has 0 spiro atoms. The lowest BCUT2D eigenvalue weighted by atomic mass is 10.1. The average Bonchev–Trinajstić information content (AvgIpc) is 3.47. The van der Waals surface area contributed by atoms with E-state index in [2.05, 4.69) is 10.1 Å². The molecule has 180 valence electrons. The number of furan rings is 1. The minimum absolute atomic E-state index is 0.0332. The van der Waals surface area contributed by atoms with Crippen molar-refractivity contribution in [3.8, 4) is 5.75 Å². The van der Waals surface area contributed by atoms with Crippen molar-refractivity contribution in [3.63, 3.8) is 0 Å². The van der Waals surface area contributed by atoms with Gasteiger partial charge in [-0.3, -0.25) is 9.59 Å². The number of nitrogens with one attached hydrogen (secondary N) is 1. The smallest absolute Gasteiger partial charge is 0.467 e. The van der Waals surface area contributed by atoms with E-state index in [4.69, 9.17) is 4.42 Å². The van der Waals surface area contributed by atoms with Crippen LogP contribution in [-0.4, -0.2) is 33.7 Å². The van der Waals surface area contributed by atoms with Crippen LogP contribution in [0, 0.1) is 0 Å². The average molecular weight is 483 g/mol. The molecular weight excluding hydrogens is 463 g/mol. The summed E-state index contributed by atoms with van der Waals surface area (Å²) in [6.45, 7) is 0.423. The van der Waals surface area contributed by atoms with E-state index in [0.29, 0.717) is 17.0 Å². The highest BCUT2D eigenvalue weighted by atomic mass is 19.4. The van der Waals surface area contributed by atoms with Crippen LogP contribution in [0.25, 0.3) is 10.9 Å². The van der Waals surface area contributed by atoms with Crippen LogP contribution in [0.3, 0.4) is 0 Å². The maximum Gasteiger partial charge on any atom is 0.573 e. The Morgan fingerprint density at radius 1 is 1.09 bits per heavy atom. The Labute approximate surface area is 197 Å². The number of carbonyl (C=O) groups is 2. The fraction of sp³-hybridized carbons (Fsp3) is 0.200. The highest BCUT2D eigenvalue weighted by Gasteiger charge is 2.38. The number of rotatable bonds is 6. The van der Waals surface area contributed by atoms with Gasteiger partial charge in [0.15, 0.2) is 0 Å². The van der Waals surface area contributed by atoms with Gasteiger partial charge in [0.2, 0.25) is 5.91 Å². The number of aromatic nitrogens is 1. The Bertz CT molecular complexity index is 1360. The number of ether oxygens (including phenoxy) is 1. The summed E-state index contributed by atoms with van der Waals surface area (Å²) < 4.78 is 48.5. The molecule has 0 radical (unpaired) electrons. The Hall–Kier alpha value is -4.21. The van der Waals surface area contributed by atoms with Crippen LogP contribution >= 0.6 is 0 Å². The van der Waals surface area contributed by atoms with Gasteiger partial charge < -0.3 is 23.9 Å². The summed E-state index contributed by atoms with van der Waals surface area (Å²) in [6.07, 6.45) is -3.29. The third kappa shape index (κ3) is 4.72. The monoisotopic (exact) mass is 483 g/mol. The summed E-state index contributed by atoms with van der Waals surface area (Å²) in [5, 5.41) is 3.69. The normalized spacial score (nSPS) is 15.8. The third-order valence-corrected chi connectivity index (χ3v) is 5.85. The van der Waals surface area contributed by atoms with Crippen molar-refractivity contribution in [1.29, 1.82) is 0 Å². The van der Waals surface area contributed by atoms with Crippen molar-refractivity contribution in [3.05, 3.63) is 90.0 Å². The lowest BCUT2D eigenvalue weighted by Crippen LogP contribution is -2.54. The van der Waals surface area contributed by atoms with Crippen LogP contribution in [0.4, 0.5) is 13.2 Å². The number of halogens is 3. The Morgan fingerprint density at radius 3 is 2.57 bits per heavy atom. The highest BCUT2D eigenvalue weighted by molar-refractivity contribution is 6.02. The second kappa shape index (κ2) is 8.86. The molecule has 0 saturated carbocycles. The van der Waals surface area contributed by atoms with Gasteiger partial charge in [-0.2, -0.15) is 0 Å². The molecule has 0 aliphatic carbocycles. The molecule has 1 N–H and O–H groups in total. The SMILES string of the molecule is O=C(NCc1ccco1)[C@@H]1Cn2c(cc3ccccc32)C(=O)N1Cc1ccc(OC(F)(F)F)cc1. The van der Waals surface area contributed by atoms with Crippen LogP contribution in [0.5, 0.6) is 5.75 Å². The predicted molar refractivity (Wildman–Crippen MR) is 119 cm³/mol. The van der Waals surface area contributed by atoms with Crippen molar-refractivity contribution in [1.82, 2.24) is 14.8 Å². The van der Waals surface area contributed by atoms with Crippen molar-refractivity contribution in [2.45, 2.75) is 32.0 Å². The van der Waals surface area contributed by atoms with Crippen molar-refractivity contribution in [2.75, 3.05) is 0 Å². The summed E-state index contributed by atoms with van der Waals surface area (Å²) in [5.41, 5.74) is 1.84. The Balaban J connectivity index is 1.43. The van der Waals surface area contributed by atoms with Gasteiger partial charge in [-0.05, 0) is 42.0 Å². The lowest BCUT2D eigenvalue weighted by Gasteiger charge is -2.36. The predicted octanol–water partition coefficient (Wildman–Crippen LogP) is 4.47. The molecular formula is C25H20F3N3O4. The fourth-order valence-corrected chi connectivity index (χ4v) is 4.25. The van der Waals surface area contributed by atoms with Gasteiger partial charge in [0.1, 0.15) is 23.2 Å². The summed E-state index contributed by atoms with van der Waals surface area (Å²) in [4.78, 5) is 28.2. The number of hydrogen-bond acceptors (Lipinski definition) is 4. The van der Waals surface area contributed by atoms with Crippen LogP contribution in [0.15, 0.2) is 77.4 Å². The van der Waals surface area contributed by atoms with Crippen molar-refractivity contribution >= 4 is 22.7 Å². The van der Waals surface area contributed by atoms with Crippen molar-refractivity contribution in [2.24, 2.45) is 0 Å². The molecule has 2 aromatic heterocycles. The number of para-hydroxylation sites is 1.